The number of nitrogens with zero attached hydrogens (tertiary/aromatic N) is 6. The lowest BCUT2D eigenvalue weighted by atomic mass is 9.96. The Labute approximate surface area is 162 Å². The van der Waals surface area contributed by atoms with Crippen LogP contribution in [0.25, 0.3) is 17.4 Å². The van der Waals surface area contributed by atoms with Crippen molar-refractivity contribution >= 4 is 29.5 Å². The maximum absolute atomic E-state index is 4.65. The molecule has 1 fully saturated rings. The fourth-order valence-electron chi connectivity index (χ4n) is 3.45. The van der Waals surface area contributed by atoms with Crippen molar-refractivity contribution in [1.82, 2.24) is 24.4 Å². The highest BCUT2D eigenvalue weighted by Crippen LogP contribution is 2.25. The van der Waals surface area contributed by atoms with Crippen LogP contribution in [0.1, 0.15) is 71.6 Å². The molecule has 0 atom stereocenters. The lowest BCUT2D eigenvalue weighted by Gasteiger charge is -2.18. The van der Waals surface area contributed by atoms with Crippen molar-refractivity contribution in [1.29, 1.82) is 0 Å². The number of unbranched alkanes of at least 4 members (excludes halogenated alkanes) is 2. The minimum atomic E-state index is 0.652. The third-order valence-corrected chi connectivity index (χ3v) is 5.10. The van der Waals surface area contributed by atoms with E-state index in [0.29, 0.717) is 5.82 Å². The molecule has 0 aliphatic heterocycles. The summed E-state index contributed by atoms with van der Waals surface area (Å²) in [5.41, 5.74) is 3.09. The number of hydrogen-bond donors (Lipinski definition) is 0. The second kappa shape index (κ2) is 10.2. The zero-order chi connectivity index (χ0) is 18.9. The molecule has 0 N–H and O–H groups in total. The Bertz CT molecular complexity index is 760. The summed E-state index contributed by atoms with van der Waals surface area (Å²) in [6, 6.07) is 0. The zero-order valence-corrected chi connectivity index (χ0v) is 16.8. The van der Waals surface area contributed by atoms with E-state index in [1.54, 1.807) is 6.33 Å². The first-order chi connectivity index (χ1) is 13.3. The number of allylic oxidation sites excluding steroid dienone is 1. The van der Waals surface area contributed by atoms with Gasteiger partial charge >= 0.3 is 0 Å². The van der Waals surface area contributed by atoms with Crippen molar-refractivity contribution in [3.8, 4) is 0 Å². The summed E-state index contributed by atoms with van der Waals surface area (Å²) in [6.07, 6.45) is 18.6. The smallest absolute Gasteiger partial charge is 0.185 e. The van der Waals surface area contributed by atoms with Gasteiger partial charge in [0.2, 0.25) is 0 Å². The Balaban J connectivity index is 1.80. The van der Waals surface area contributed by atoms with Gasteiger partial charge in [-0.1, -0.05) is 38.7 Å². The van der Waals surface area contributed by atoms with Gasteiger partial charge < -0.3 is 4.90 Å². The standard InChI is InChI=1S/C21H32N6/c1-3-5-12-26(13-6-4-2)16-25-20-19-21(23-15-22-20)27(17-24-19)14-18-10-8-7-9-11-18/h14-17H,3-13H2,1-2H3/b25-16+. The summed E-state index contributed by atoms with van der Waals surface area (Å²) in [5.74, 6) is 0.652. The van der Waals surface area contributed by atoms with Crippen LogP contribution in [0.15, 0.2) is 23.2 Å². The molecule has 3 rings (SSSR count). The first kappa shape index (κ1) is 19.5. The van der Waals surface area contributed by atoms with Crippen molar-refractivity contribution in [3.63, 3.8) is 0 Å². The van der Waals surface area contributed by atoms with Crippen LogP contribution in [0.4, 0.5) is 5.82 Å². The third kappa shape index (κ3) is 5.37. The Kier molecular flexibility index (Phi) is 7.36. The summed E-state index contributed by atoms with van der Waals surface area (Å²) >= 11 is 0. The van der Waals surface area contributed by atoms with Crippen LogP contribution in [-0.4, -0.2) is 43.8 Å². The summed E-state index contributed by atoms with van der Waals surface area (Å²) in [7, 11) is 0. The van der Waals surface area contributed by atoms with E-state index in [2.05, 4.69) is 44.9 Å². The maximum Gasteiger partial charge on any atom is 0.185 e. The van der Waals surface area contributed by atoms with Crippen LogP contribution in [0.3, 0.4) is 0 Å². The van der Waals surface area contributed by atoms with Gasteiger partial charge in [-0.05, 0) is 38.5 Å². The minimum absolute atomic E-state index is 0.652. The number of aromatic nitrogens is 4. The van der Waals surface area contributed by atoms with Gasteiger partial charge in [-0.2, -0.15) is 0 Å². The van der Waals surface area contributed by atoms with E-state index in [1.807, 2.05) is 17.2 Å². The maximum atomic E-state index is 4.65. The number of rotatable bonds is 9. The second-order valence-corrected chi connectivity index (χ2v) is 7.36. The van der Waals surface area contributed by atoms with Crippen molar-refractivity contribution < 1.29 is 0 Å². The molecule has 2 aromatic heterocycles. The van der Waals surface area contributed by atoms with Gasteiger partial charge in [0.15, 0.2) is 17.0 Å². The lowest BCUT2D eigenvalue weighted by Crippen LogP contribution is -2.24. The van der Waals surface area contributed by atoms with Gasteiger partial charge in [-0.25, -0.2) is 19.9 Å². The number of fused-ring (bicyclic) bond motifs is 1. The van der Waals surface area contributed by atoms with Crippen LogP contribution in [-0.2, 0) is 0 Å². The molecule has 1 saturated carbocycles. The van der Waals surface area contributed by atoms with Crippen LogP contribution in [0, 0.1) is 0 Å². The van der Waals surface area contributed by atoms with E-state index < -0.39 is 0 Å². The molecule has 0 amide bonds. The minimum Gasteiger partial charge on any atom is -0.363 e. The molecule has 0 saturated heterocycles. The van der Waals surface area contributed by atoms with Gasteiger partial charge in [0.25, 0.3) is 0 Å². The molecule has 0 radical (unpaired) electrons. The second-order valence-electron chi connectivity index (χ2n) is 7.36. The van der Waals surface area contributed by atoms with Gasteiger partial charge in [-0.3, -0.25) is 4.57 Å². The van der Waals surface area contributed by atoms with Crippen molar-refractivity contribution in [3.05, 3.63) is 18.2 Å². The van der Waals surface area contributed by atoms with E-state index in [4.69, 9.17) is 0 Å². The first-order valence-corrected chi connectivity index (χ1v) is 10.5. The largest absolute Gasteiger partial charge is 0.363 e. The highest BCUT2D eigenvalue weighted by Gasteiger charge is 2.11. The summed E-state index contributed by atoms with van der Waals surface area (Å²) < 4.78 is 2.03. The Morgan fingerprint density at radius 2 is 1.78 bits per heavy atom. The molecule has 2 aromatic rings. The molecule has 1 aliphatic carbocycles. The fourth-order valence-corrected chi connectivity index (χ4v) is 3.45. The molecule has 6 heteroatoms. The zero-order valence-electron chi connectivity index (χ0n) is 16.8. The SMILES string of the molecule is CCCCN(/C=N/c1ncnc2c1ncn2C=C1CCCCC1)CCCC. The van der Waals surface area contributed by atoms with Gasteiger partial charge in [0.1, 0.15) is 12.7 Å². The molecule has 0 unspecified atom stereocenters. The molecular weight excluding hydrogens is 336 g/mol. The average molecular weight is 369 g/mol. The van der Waals surface area contributed by atoms with Gasteiger partial charge in [-0.15, -0.1) is 0 Å². The van der Waals surface area contributed by atoms with Crippen LogP contribution >= 0.6 is 0 Å². The van der Waals surface area contributed by atoms with E-state index in [-0.39, 0.29) is 0 Å². The molecule has 0 aromatic carbocycles. The lowest BCUT2D eigenvalue weighted by molar-refractivity contribution is 0.409. The molecule has 0 spiro atoms. The first-order valence-electron chi connectivity index (χ1n) is 10.5. The number of aliphatic imine (C=N–C) groups is 1. The Hall–Kier alpha value is -2.24. The molecular formula is C21H32N6. The summed E-state index contributed by atoms with van der Waals surface area (Å²) in [4.78, 5) is 20.3. The molecule has 1 aliphatic rings. The van der Waals surface area contributed by atoms with E-state index in [0.717, 1.165) is 24.3 Å². The topological polar surface area (TPSA) is 59.2 Å². The quantitative estimate of drug-likeness (QED) is 0.451. The summed E-state index contributed by atoms with van der Waals surface area (Å²) in [5, 5.41) is 0. The molecule has 27 heavy (non-hydrogen) atoms. The van der Waals surface area contributed by atoms with E-state index in [1.165, 1.54) is 63.4 Å². The van der Waals surface area contributed by atoms with Gasteiger partial charge in [0.05, 0.1) is 6.34 Å². The predicted octanol–water partition coefficient (Wildman–Crippen LogP) is 5.19. The van der Waals surface area contributed by atoms with Crippen molar-refractivity contribution in [2.24, 2.45) is 4.99 Å². The van der Waals surface area contributed by atoms with E-state index >= 15 is 0 Å². The monoisotopic (exact) mass is 368 g/mol. The number of imidazole rings is 1. The molecule has 0 bridgehead atoms. The normalized spacial score (nSPS) is 15.0. The molecule has 6 nitrogen and oxygen atoms in total. The highest BCUT2D eigenvalue weighted by molar-refractivity contribution is 5.84. The summed E-state index contributed by atoms with van der Waals surface area (Å²) in [6.45, 7) is 6.51. The third-order valence-electron chi connectivity index (χ3n) is 5.10. The van der Waals surface area contributed by atoms with Crippen molar-refractivity contribution in [2.75, 3.05) is 13.1 Å². The Morgan fingerprint density at radius 1 is 1.04 bits per heavy atom. The van der Waals surface area contributed by atoms with Crippen LogP contribution < -0.4 is 0 Å². The van der Waals surface area contributed by atoms with Crippen LogP contribution in [0.2, 0.25) is 0 Å². The van der Waals surface area contributed by atoms with Crippen molar-refractivity contribution in [2.45, 2.75) is 71.6 Å². The predicted molar refractivity (Wildman–Crippen MR) is 112 cm³/mol. The average Bonchev–Trinajstić information content (AvgIpc) is 3.12. The molecule has 2 heterocycles. The highest BCUT2D eigenvalue weighted by atomic mass is 15.2. The van der Waals surface area contributed by atoms with E-state index in [9.17, 15) is 0 Å². The number of hydrogen-bond acceptors (Lipinski definition) is 4. The van der Waals surface area contributed by atoms with Crippen LogP contribution in [0.5, 0.6) is 0 Å². The fraction of sp³-hybridized carbons (Fsp3) is 0.619. The molecule has 146 valence electrons. The Morgan fingerprint density at radius 3 is 2.48 bits per heavy atom. The van der Waals surface area contributed by atoms with Gasteiger partial charge in [0, 0.05) is 19.3 Å².